The summed E-state index contributed by atoms with van der Waals surface area (Å²) in [5, 5.41) is 11.8. The van der Waals surface area contributed by atoms with E-state index in [1.54, 1.807) is 12.1 Å². The van der Waals surface area contributed by atoms with E-state index < -0.39 is 0 Å². The fourth-order valence-corrected chi connectivity index (χ4v) is 2.11. The van der Waals surface area contributed by atoms with E-state index in [1.807, 2.05) is 24.3 Å². The minimum atomic E-state index is -0.226. The second-order valence-corrected chi connectivity index (χ2v) is 6.26. The first-order valence-corrected chi connectivity index (χ1v) is 7.27. The van der Waals surface area contributed by atoms with Gasteiger partial charge in [0.2, 0.25) is 0 Å². The average Bonchev–Trinajstić information content (AvgIpc) is 2.99. The molecule has 7 nitrogen and oxygen atoms in total. The monoisotopic (exact) mass is 310 g/mol. The van der Waals surface area contributed by atoms with E-state index in [-0.39, 0.29) is 11.3 Å². The van der Waals surface area contributed by atoms with Crippen LogP contribution in [0, 0.1) is 0 Å². The van der Waals surface area contributed by atoms with Crippen LogP contribution in [0.5, 0.6) is 0 Å². The molecule has 0 aliphatic rings. The molecule has 23 heavy (non-hydrogen) atoms. The van der Waals surface area contributed by atoms with Crippen LogP contribution < -0.4 is 10.9 Å². The number of hydrazine groups is 1. The minimum Gasteiger partial charge on any atom is -0.280 e. The highest BCUT2D eigenvalue weighted by Gasteiger charge is 2.14. The van der Waals surface area contributed by atoms with Crippen molar-refractivity contribution >= 4 is 17.4 Å². The van der Waals surface area contributed by atoms with Crippen LogP contribution in [-0.4, -0.2) is 25.7 Å². The summed E-state index contributed by atoms with van der Waals surface area (Å²) in [7, 11) is 0. The molecule has 0 saturated carbocycles. The first kappa shape index (κ1) is 15.0. The number of hydrogen-bond donors (Lipinski definition) is 2. The molecule has 2 heterocycles. The molecular formula is C16H18N6O. The number of benzene rings is 1. The summed E-state index contributed by atoms with van der Waals surface area (Å²) < 4.78 is 1.52. The lowest BCUT2D eigenvalue weighted by molar-refractivity contribution is 0.0962. The molecule has 0 spiro atoms. The number of nitrogens with zero attached hydrogens (tertiary/aromatic N) is 4. The molecule has 0 atom stereocenters. The number of carbonyl (C=O) groups excluding carboxylic acids is 1. The van der Waals surface area contributed by atoms with Gasteiger partial charge in [-0.2, -0.15) is 4.52 Å². The zero-order valence-corrected chi connectivity index (χ0v) is 13.2. The number of fused-ring (bicyclic) bond motifs is 1. The number of carbonyl (C=O) groups is 1. The van der Waals surface area contributed by atoms with Crippen molar-refractivity contribution in [3.05, 3.63) is 53.9 Å². The van der Waals surface area contributed by atoms with Crippen LogP contribution >= 0.6 is 0 Å². The van der Waals surface area contributed by atoms with Gasteiger partial charge in [0.1, 0.15) is 6.33 Å². The first-order chi connectivity index (χ1) is 10.9. The van der Waals surface area contributed by atoms with E-state index in [9.17, 15) is 4.79 Å². The van der Waals surface area contributed by atoms with Crippen molar-refractivity contribution < 1.29 is 4.79 Å². The van der Waals surface area contributed by atoms with Crippen molar-refractivity contribution in [2.24, 2.45) is 0 Å². The predicted octanol–water partition coefficient (Wildman–Crippen LogP) is 2.18. The van der Waals surface area contributed by atoms with Crippen molar-refractivity contribution in [1.29, 1.82) is 0 Å². The van der Waals surface area contributed by atoms with Gasteiger partial charge in [-0.1, -0.05) is 32.9 Å². The number of hydrogen-bond acceptors (Lipinski definition) is 5. The molecule has 0 saturated heterocycles. The maximum Gasteiger partial charge on any atom is 0.269 e. The van der Waals surface area contributed by atoms with Gasteiger partial charge in [-0.15, -0.1) is 15.3 Å². The predicted molar refractivity (Wildman–Crippen MR) is 87.0 cm³/mol. The van der Waals surface area contributed by atoms with Crippen molar-refractivity contribution in [1.82, 2.24) is 25.2 Å². The van der Waals surface area contributed by atoms with Gasteiger partial charge in [-0.3, -0.25) is 15.6 Å². The molecular weight excluding hydrogens is 292 g/mol. The summed E-state index contributed by atoms with van der Waals surface area (Å²) in [6.45, 7) is 6.41. The fraction of sp³-hybridized carbons (Fsp3) is 0.250. The van der Waals surface area contributed by atoms with Crippen molar-refractivity contribution in [2.45, 2.75) is 26.2 Å². The van der Waals surface area contributed by atoms with Gasteiger partial charge in [0.25, 0.3) is 5.91 Å². The quantitative estimate of drug-likeness (QED) is 0.724. The number of aromatic nitrogens is 4. The maximum atomic E-state index is 12.2. The average molecular weight is 310 g/mol. The standard InChI is InChI=1S/C16H18N6O/c1-16(2,3)12-6-4-11(5-7-12)15(23)20-18-13-8-9-14-19-17-10-22(14)21-13/h4-10H,1-3H3,(H,18,21)(H,20,23). The maximum absolute atomic E-state index is 12.2. The van der Waals surface area contributed by atoms with Crippen molar-refractivity contribution in [3.63, 3.8) is 0 Å². The van der Waals surface area contributed by atoms with Crippen LogP contribution in [0.3, 0.4) is 0 Å². The Hall–Kier alpha value is -2.96. The Morgan fingerprint density at radius 1 is 1.09 bits per heavy atom. The normalized spacial score (nSPS) is 11.4. The first-order valence-electron chi connectivity index (χ1n) is 7.27. The number of rotatable bonds is 3. The van der Waals surface area contributed by atoms with Crippen LogP contribution in [0.2, 0.25) is 0 Å². The van der Waals surface area contributed by atoms with E-state index in [2.05, 4.69) is 46.9 Å². The summed E-state index contributed by atoms with van der Waals surface area (Å²) in [6, 6.07) is 11.0. The zero-order chi connectivity index (χ0) is 16.4. The summed E-state index contributed by atoms with van der Waals surface area (Å²) in [4.78, 5) is 12.2. The Labute approximate surface area is 133 Å². The van der Waals surface area contributed by atoms with Gasteiger partial charge in [0, 0.05) is 5.56 Å². The molecule has 2 aromatic heterocycles. The summed E-state index contributed by atoms with van der Waals surface area (Å²) in [6.07, 6.45) is 1.49. The molecule has 7 heteroatoms. The number of amides is 1. The summed E-state index contributed by atoms with van der Waals surface area (Å²) in [5.74, 6) is 0.271. The van der Waals surface area contributed by atoms with Gasteiger partial charge < -0.3 is 0 Å². The van der Waals surface area contributed by atoms with E-state index >= 15 is 0 Å². The van der Waals surface area contributed by atoms with Crippen LogP contribution in [0.25, 0.3) is 5.65 Å². The lowest BCUT2D eigenvalue weighted by Crippen LogP contribution is -2.30. The highest BCUT2D eigenvalue weighted by atomic mass is 16.2. The smallest absolute Gasteiger partial charge is 0.269 e. The molecule has 0 fully saturated rings. The van der Waals surface area contributed by atoms with E-state index in [0.717, 1.165) is 0 Å². The Morgan fingerprint density at radius 2 is 1.83 bits per heavy atom. The SMILES string of the molecule is CC(C)(C)c1ccc(C(=O)NNc2ccc3nncn3n2)cc1. The van der Waals surface area contributed by atoms with E-state index in [1.165, 1.54) is 16.4 Å². The lowest BCUT2D eigenvalue weighted by Gasteiger charge is -2.19. The Bertz CT molecular complexity index is 832. The second-order valence-electron chi connectivity index (χ2n) is 6.26. The molecule has 1 aromatic carbocycles. The Morgan fingerprint density at radius 3 is 2.52 bits per heavy atom. The highest BCUT2D eigenvalue weighted by molar-refractivity contribution is 5.94. The third kappa shape index (κ3) is 3.28. The van der Waals surface area contributed by atoms with Crippen LogP contribution in [-0.2, 0) is 5.41 Å². The highest BCUT2D eigenvalue weighted by Crippen LogP contribution is 2.22. The van der Waals surface area contributed by atoms with Crippen LogP contribution in [0.1, 0.15) is 36.7 Å². The van der Waals surface area contributed by atoms with Gasteiger partial charge in [-0.05, 0) is 35.2 Å². The van der Waals surface area contributed by atoms with Crippen LogP contribution in [0.15, 0.2) is 42.7 Å². The molecule has 0 aliphatic heterocycles. The van der Waals surface area contributed by atoms with Crippen molar-refractivity contribution in [2.75, 3.05) is 5.43 Å². The van der Waals surface area contributed by atoms with Crippen LogP contribution in [0.4, 0.5) is 5.82 Å². The lowest BCUT2D eigenvalue weighted by atomic mass is 9.87. The molecule has 3 rings (SSSR count). The molecule has 0 radical (unpaired) electrons. The summed E-state index contributed by atoms with van der Waals surface area (Å²) in [5.41, 5.74) is 7.87. The van der Waals surface area contributed by atoms with Gasteiger partial charge in [0.15, 0.2) is 11.5 Å². The van der Waals surface area contributed by atoms with E-state index in [0.29, 0.717) is 17.0 Å². The molecule has 1 amide bonds. The van der Waals surface area contributed by atoms with E-state index in [4.69, 9.17) is 0 Å². The van der Waals surface area contributed by atoms with Gasteiger partial charge in [-0.25, -0.2) is 0 Å². The Kier molecular flexibility index (Phi) is 3.69. The Balaban J connectivity index is 1.66. The molecule has 0 bridgehead atoms. The molecule has 2 N–H and O–H groups in total. The molecule has 118 valence electrons. The number of nitrogens with one attached hydrogen (secondary N) is 2. The summed E-state index contributed by atoms with van der Waals surface area (Å²) >= 11 is 0. The largest absolute Gasteiger partial charge is 0.280 e. The topological polar surface area (TPSA) is 84.2 Å². The second kappa shape index (κ2) is 5.68. The molecule has 3 aromatic rings. The zero-order valence-electron chi connectivity index (χ0n) is 13.2. The van der Waals surface area contributed by atoms with Crippen molar-refractivity contribution in [3.8, 4) is 0 Å². The molecule has 0 unspecified atom stereocenters. The minimum absolute atomic E-state index is 0.0609. The third-order valence-corrected chi connectivity index (χ3v) is 3.48. The van der Waals surface area contributed by atoms with Gasteiger partial charge in [0.05, 0.1) is 0 Å². The number of anilines is 1. The third-order valence-electron chi connectivity index (χ3n) is 3.48. The molecule has 0 aliphatic carbocycles. The van der Waals surface area contributed by atoms with Gasteiger partial charge >= 0.3 is 0 Å². The fourth-order valence-electron chi connectivity index (χ4n) is 2.11.